The van der Waals surface area contributed by atoms with E-state index in [1.807, 2.05) is 37.3 Å². The van der Waals surface area contributed by atoms with Crippen molar-refractivity contribution in [2.75, 3.05) is 34.3 Å². The number of hydrogen-bond donors (Lipinski definition) is 0. The van der Waals surface area contributed by atoms with E-state index in [0.29, 0.717) is 0 Å². The lowest BCUT2D eigenvalue weighted by atomic mass is 10.1. The molecule has 0 saturated heterocycles. The number of methoxy groups -OCH3 is 1. The molecule has 110 valence electrons. The lowest BCUT2D eigenvalue weighted by Gasteiger charge is -2.27. The van der Waals surface area contributed by atoms with Gasteiger partial charge in [-0.3, -0.25) is 14.5 Å². The van der Waals surface area contributed by atoms with Crippen LogP contribution in [-0.2, 0) is 14.3 Å². The van der Waals surface area contributed by atoms with Gasteiger partial charge in [-0.05, 0) is 19.5 Å². The van der Waals surface area contributed by atoms with E-state index >= 15 is 0 Å². The molecule has 5 heteroatoms. The first kappa shape index (κ1) is 16.2. The summed E-state index contributed by atoms with van der Waals surface area (Å²) >= 11 is 0. The van der Waals surface area contributed by atoms with Crippen LogP contribution in [0, 0.1) is 0 Å². The molecule has 0 heterocycles. The van der Waals surface area contributed by atoms with Crippen LogP contribution in [0.1, 0.15) is 18.5 Å². The molecule has 0 bridgehead atoms. The van der Waals surface area contributed by atoms with Gasteiger partial charge in [-0.1, -0.05) is 30.3 Å². The van der Waals surface area contributed by atoms with Crippen molar-refractivity contribution in [1.29, 1.82) is 0 Å². The van der Waals surface area contributed by atoms with Gasteiger partial charge in [0.15, 0.2) is 0 Å². The molecule has 1 aromatic rings. The average Bonchev–Trinajstić information content (AvgIpc) is 2.46. The predicted octanol–water partition coefficient (Wildman–Crippen LogP) is 1.31. The van der Waals surface area contributed by atoms with Crippen molar-refractivity contribution in [3.8, 4) is 0 Å². The largest absolute Gasteiger partial charge is 0.468 e. The van der Waals surface area contributed by atoms with Crippen molar-refractivity contribution in [2.45, 2.75) is 13.0 Å². The number of amides is 1. The second-order valence-corrected chi connectivity index (χ2v) is 4.84. The molecule has 0 saturated carbocycles. The summed E-state index contributed by atoms with van der Waals surface area (Å²) in [6.07, 6.45) is 0. The number of carbonyl (C=O) groups is 2. The Morgan fingerprint density at radius 1 is 1.15 bits per heavy atom. The maximum absolute atomic E-state index is 12.2. The zero-order chi connectivity index (χ0) is 15.1. The van der Waals surface area contributed by atoms with Crippen molar-refractivity contribution >= 4 is 11.9 Å². The van der Waals surface area contributed by atoms with E-state index in [9.17, 15) is 9.59 Å². The average molecular weight is 278 g/mol. The van der Waals surface area contributed by atoms with Crippen molar-refractivity contribution in [3.05, 3.63) is 35.9 Å². The van der Waals surface area contributed by atoms with Crippen molar-refractivity contribution in [3.63, 3.8) is 0 Å². The Morgan fingerprint density at radius 2 is 1.75 bits per heavy atom. The lowest BCUT2D eigenvalue weighted by molar-refractivity contribution is -0.142. The Bertz CT molecular complexity index is 448. The Labute approximate surface area is 120 Å². The van der Waals surface area contributed by atoms with E-state index in [1.54, 1.807) is 23.9 Å². The summed E-state index contributed by atoms with van der Waals surface area (Å²) in [6.45, 7) is 2.27. The third-order valence-electron chi connectivity index (χ3n) is 3.29. The van der Waals surface area contributed by atoms with E-state index in [0.717, 1.165) is 5.56 Å². The van der Waals surface area contributed by atoms with Gasteiger partial charge in [0.05, 0.1) is 26.2 Å². The van der Waals surface area contributed by atoms with Crippen LogP contribution in [0.4, 0.5) is 0 Å². The Hall–Kier alpha value is -1.88. The summed E-state index contributed by atoms with van der Waals surface area (Å²) in [5.41, 5.74) is 1.08. The smallest absolute Gasteiger partial charge is 0.319 e. The monoisotopic (exact) mass is 278 g/mol. The molecule has 0 aliphatic heterocycles. The van der Waals surface area contributed by atoms with Gasteiger partial charge in [0.1, 0.15) is 0 Å². The number of benzene rings is 1. The molecule has 0 aromatic heterocycles. The minimum atomic E-state index is -0.348. The molecule has 1 unspecified atom stereocenters. The SMILES string of the molecule is COC(=O)CN(C)CC(=O)N(C)C(C)c1ccccc1. The standard InChI is InChI=1S/C15H22N2O3/c1-12(13-8-6-5-7-9-13)17(3)14(18)10-16(2)11-15(19)20-4/h5-9,12H,10-11H2,1-4H3. The highest BCUT2D eigenvalue weighted by Gasteiger charge is 2.19. The number of nitrogens with zero attached hydrogens (tertiary/aromatic N) is 2. The molecular weight excluding hydrogens is 256 g/mol. The van der Waals surface area contributed by atoms with Gasteiger partial charge >= 0.3 is 5.97 Å². The molecule has 0 aliphatic carbocycles. The van der Waals surface area contributed by atoms with Gasteiger partial charge < -0.3 is 9.64 Å². The van der Waals surface area contributed by atoms with Crippen LogP contribution in [0.15, 0.2) is 30.3 Å². The molecule has 5 nitrogen and oxygen atoms in total. The Kier molecular flexibility index (Phi) is 6.18. The zero-order valence-corrected chi connectivity index (χ0v) is 12.5. The number of hydrogen-bond acceptors (Lipinski definition) is 4. The van der Waals surface area contributed by atoms with E-state index in [2.05, 4.69) is 4.74 Å². The molecule has 20 heavy (non-hydrogen) atoms. The lowest BCUT2D eigenvalue weighted by Crippen LogP contribution is -2.39. The maximum Gasteiger partial charge on any atom is 0.319 e. The minimum Gasteiger partial charge on any atom is -0.468 e. The fourth-order valence-electron chi connectivity index (χ4n) is 1.85. The molecule has 0 spiro atoms. The highest BCUT2D eigenvalue weighted by molar-refractivity contribution is 5.79. The summed E-state index contributed by atoms with van der Waals surface area (Å²) < 4.78 is 4.57. The minimum absolute atomic E-state index is 0.00442. The predicted molar refractivity (Wildman–Crippen MR) is 77.1 cm³/mol. The number of likely N-dealkylation sites (N-methyl/N-ethyl adjacent to an activating group) is 2. The van der Waals surface area contributed by atoms with Crippen LogP contribution >= 0.6 is 0 Å². The first-order valence-corrected chi connectivity index (χ1v) is 6.51. The fourth-order valence-corrected chi connectivity index (χ4v) is 1.85. The highest BCUT2D eigenvalue weighted by atomic mass is 16.5. The van der Waals surface area contributed by atoms with E-state index in [1.165, 1.54) is 7.11 Å². The van der Waals surface area contributed by atoms with Crippen LogP contribution in [0.3, 0.4) is 0 Å². The molecule has 0 N–H and O–H groups in total. The van der Waals surface area contributed by atoms with Crippen LogP contribution in [-0.4, -0.2) is 56.0 Å². The normalized spacial score (nSPS) is 12.1. The van der Waals surface area contributed by atoms with E-state index in [-0.39, 0.29) is 31.0 Å². The first-order valence-electron chi connectivity index (χ1n) is 6.51. The van der Waals surface area contributed by atoms with Crippen LogP contribution in [0.25, 0.3) is 0 Å². The number of rotatable bonds is 6. The van der Waals surface area contributed by atoms with Crippen molar-refractivity contribution < 1.29 is 14.3 Å². The zero-order valence-electron chi connectivity index (χ0n) is 12.5. The first-order chi connectivity index (χ1) is 9.45. The van der Waals surface area contributed by atoms with Crippen LogP contribution < -0.4 is 0 Å². The third-order valence-corrected chi connectivity index (χ3v) is 3.29. The van der Waals surface area contributed by atoms with Gasteiger partial charge in [-0.25, -0.2) is 0 Å². The molecular formula is C15H22N2O3. The number of carbonyl (C=O) groups excluding carboxylic acids is 2. The van der Waals surface area contributed by atoms with Gasteiger partial charge in [-0.2, -0.15) is 0 Å². The van der Waals surface area contributed by atoms with Gasteiger partial charge in [0.25, 0.3) is 0 Å². The van der Waals surface area contributed by atoms with Crippen LogP contribution in [0.2, 0.25) is 0 Å². The number of ether oxygens (including phenoxy) is 1. The third kappa shape index (κ3) is 4.66. The maximum atomic E-state index is 12.2. The molecule has 0 fully saturated rings. The highest BCUT2D eigenvalue weighted by Crippen LogP contribution is 2.18. The van der Waals surface area contributed by atoms with E-state index in [4.69, 9.17) is 0 Å². The summed E-state index contributed by atoms with van der Waals surface area (Å²) in [4.78, 5) is 26.6. The van der Waals surface area contributed by atoms with Gasteiger partial charge in [-0.15, -0.1) is 0 Å². The molecule has 1 rings (SSSR count). The topological polar surface area (TPSA) is 49.9 Å². The molecule has 1 atom stereocenters. The summed E-state index contributed by atoms with van der Waals surface area (Å²) in [7, 11) is 4.82. The molecule has 0 radical (unpaired) electrons. The Balaban J connectivity index is 2.56. The summed E-state index contributed by atoms with van der Waals surface area (Å²) in [5, 5.41) is 0. The van der Waals surface area contributed by atoms with Crippen molar-refractivity contribution in [1.82, 2.24) is 9.80 Å². The fraction of sp³-hybridized carbons (Fsp3) is 0.467. The molecule has 1 amide bonds. The molecule has 0 aliphatic rings. The van der Waals surface area contributed by atoms with Gasteiger partial charge in [0.2, 0.25) is 5.91 Å². The number of esters is 1. The Morgan fingerprint density at radius 3 is 2.30 bits per heavy atom. The van der Waals surface area contributed by atoms with E-state index < -0.39 is 0 Å². The second-order valence-electron chi connectivity index (χ2n) is 4.84. The van der Waals surface area contributed by atoms with Crippen LogP contribution in [0.5, 0.6) is 0 Å². The summed E-state index contributed by atoms with van der Waals surface area (Å²) in [6, 6.07) is 9.83. The summed E-state index contributed by atoms with van der Waals surface area (Å²) in [5.74, 6) is -0.383. The second kappa shape index (κ2) is 7.65. The quantitative estimate of drug-likeness (QED) is 0.736. The molecule has 1 aromatic carbocycles. The van der Waals surface area contributed by atoms with Crippen molar-refractivity contribution in [2.24, 2.45) is 0 Å². The van der Waals surface area contributed by atoms with Gasteiger partial charge in [0, 0.05) is 7.05 Å².